The Kier molecular flexibility index (Phi) is 19.4. The van der Waals surface area contributed by atoms with Crippen molar-refractivity contribution in [2.75, 3.05) is 26.8 Å². The molecule has 1 spiro atoms. The first-order valence-corrected chi connectivity index (χ1v) is 21.0. The lowest BCUT2D eigenvalue weighted by Gasteiger charge is -2.28. The van der Waals surface area contributed by atoms with E-state index in [9.17, 15) is 14.7 Å². The molecule has 280 valence electrons. The third-order valence-electron chi connectivity index (χ3n) is 8.90. The Morgan fingerprint density at radius 3 is 2.24 bits per heavy atom. The number of amides is 2. The standard InChI is InChI=1S/C37H53Br4N3O6/c1-25(2)14-11-9-7-5-4-6-8-10-12-15-31(45)42-20-17-26-22-28(39)34(29(40)23-26)49-21-13-19-43-36(47)32-35(46)37(50-44-32)18-16-27(38)33(48-3)30(41)24-37/h16,22-23,25,35,46H,4-15,17-21,24H2,1-3H3,(H,42,45)(H,43,47)/t35-,37-/m0/s1. The van der Waals surface area contributed by atoms with Crippen molar-refractivity contribution in [3.8, 4) is 5.75 Å². The summed E-state index contributed by atoms with van der Waals surface area (Å²) in [4.78, 5) is 30.8. The molecule has 0 saturated heterocycles. The van der Waals surface area contributed by atoms with Gasteiger partial charge in [0.15, 0.2) is 11.3 Å². The van der Waals surface area contributed by atoms with Gasteiger partial charge in [0, 0.05) is 36.8 Å². The van der Waals surface area contributed by atoms with Gasteiger partial charge in [0.2, 0.25) is 5.91 Å². The van der Waals surface area contributed by atoms with Crippen molar-refractivity contribution in [1.29, 1.82) is 0 Å². The van der Waals surface area contributed by atoms with E-state index in [0.29, 0.717) is 61.4 Å². The normalized spacial score (nSPS) is 18.9. The zero-order chi connectivity index (χ0) is 36.5. The van der Waals surface area contributed by atoms with Crippen LogP contribution in [0.3, 0.4) is 0 Å². The molecule has 2 amide bonds. The van der Waals surface area contributed by atoms with Crippen LogP contribution in [0.15, 0.2) is 47.0 Å². The van der Waals surface area contributed by atoms with Gasteiger partial charge >= 0.3 is 0 Å². The highest BCUT2D eigenvalue weighted by Crippen LogP contribution is 2.42. The van der Waals surface area contributed by atoms with Crippen molar-refractivity contribution in [3.05, 3.63) is 47.4 Å². The number of benzene rings is 1. The highest BCUT2D eigenvalue weighted by Gasteiger charge is 2.51. The molecule has 3 rings (SSSR count). The van der Waals surface area contributed by atoms with Crippen molar-refractivity contribution in [2.45, 2.75) is 122 Å². The van der Waals surface area contributed by atoms with E-state index >= 15 is 0 Å². The summed E-state index contributed by atoms with van der Waals surface area (Å²) in [5, 5.41) is 20.8. The van der Waals surface area contributed by atoms with Crippen LogP contribution in [0, 0.1) is 5.92 Å². The van der Waals surface area contributed by atoms with E-state index in [0.717, 1.165) is 37.8 Å². The van der Waals surface area contributed by atoms with Gasteiger partial charge in [-0.2, -0.15) is 0 Å². The van der Waals surface area contributed by atoms with Crippen molar-refractivity contribution in [1.82, 2.24) is 10.6 Å². The Hall–Kier alpha value is -1.41. The molecule has 3 N–H and O–H groups in total. The molecule has 1 aliphatic heterocycles. The van der Waals surface area contributed by atoms with E-state index in [4.69, 9.17) is 14.3 Å². The number of halogens is 4. The summed E-state index contributed by atoms with van der Waals surface area (Å²) in [5.41, 5.74) is -0.0885. The first-order valence-electron chi connectivity index (χ1n) is 17.9. The van der Waals surface area contributed by atoms with Crippen LogP contribution in [0.25, 0.3) is 0 Å². The van der Waals surface area contributed by atoms with E-state index in [1.807, 2.05) is 18.2 Å². The lowest BCUT2D eigenvalue weighted by molar-refractivity contribution is -0.121. The number of aliphatic hydroxyl groups excluding tert-OH is 1. The van der Waals surface area contributed by atoms with Crippen LogP contribution in [0.2, 0.25) is 0 Å². The molecule has 0 aromatic heterocycles. The molecule has 0 fully saturated rings. The second-order valence-corrected chi connectivity index (χ2v) is 17.0. The van der Waals surface area contributed by atoms with Gasteiger partial charge in [0.05, 0.1) is 27.1 Å². The molecular weight excluding hydrogens is 902 g/mol. The molecule has 50 heavy (non-hydrogen) atoms. The number of nitrogens with zero attached hydrogens (tertiary/aromatic N) is 1. The molecule has 0 radical (unpaired) electrons. The molecular formula is C37H53Br4N3O6. The fourth-order valence-corrected chi connectivity index (χ4v) is 9.17. The highest BCUT2D eigenvalue weighted by molar-refractivity contribution is 9.12. The summed E-state index contributed by atoms with van der Waals surface area (Å²) >= 11 is 14.2. The number of rotatable bonds is 22. The van der Waals surface area contributed by atoms with E-state index in [1.165, 1.54) is 51.4 Å². The second-order valence-electron chi connectivity index (χ2n) is 13.5. The summed E-state index contributed by atoms with van der Waals surface area (Å²) in [6, 6.07) is 4.00. The monoisotopic (exact) mass is 951 g/mol. The van der Waals surface area contributed by atoms with Gasteiger partial charge in [0.25, 0.3) is 5.91 Å². The first-order chi connectivity index (χ1) is 24.0. The lowest BCUT2D eigenvalue weighted by atomic mass is 9.87. The quantitative estimate of drug-likeness (QED) is 0.0998. The number of methoxy groups -OCH3 is 1. The van der Waals surface area contributed by atoms with E-state index < -0.39 is 17.6 Å². The number of allylic oxidation sites excluding steroid dienone is 1. The topological polar surface area (TPSA) is 118 Å². The molecule has 0 saturated carbocycles. The maximum absolute atomic E-state index is 12.9. The van der Waals surface area contributed by atoms with E-state index in [1.54, 1.807) is 7.11 Å². The van der Waals surface area contributed by atoms with E-state index in [-0.39, 0.29) is 18.0 Å². The number of nitrogens with one attached hydrogen (secondary N) is 2. The van der Waals surface area contributed by atoms with Gasteiger partial charge in [-0.25, -0.2) is 0 Å². The summed E-state index contributed by atoms with van der Waals surface area (Å²) in [6.45, 7) is 5.85. The van der Waals surface area contributed by atoms with Crippen LogP contribution in [0.4, 0.5) is 0 Å². The lowest BCUT2D eigenvalue weighted by Crippen LogP contribution is -2.48. The third kappa shape index (κ3) is 13.9. The number of hydrogen-bond acceptors (Lipinski definition) is 7. The molecule has 1 heterocycles. The summed E-state index contributed by atoms with van der Waals surface area (Å²) in [6.07, 6.45) is 15.7. The smallest absolute Gasteiger partial charge is 0.272 e. The van der Waals surface area contributed by atoms with Crippen LogP contribution < -0.4 is 15.4 Å². The molecule has 9 nitrogen and oxygen atoms in total. The molecule has 1 aliphatic carbocycles. The minimum absolute atomic E-state index is 0.0576. The Morgan fingerprint density at radius 2 is 1.60 bits per heavy atom. The number of carbonyl (C=O) groups is 2. The number of ether oxygens (including phenoxy) is 2. The SMILES string of the molecule is COC1=C(Br)C[C@]2(CC=C1Br)ON=C(C(=O)NCCCOc1c(Br)cc(CCNC(=O)CCCCCCCCCCCC(C)C)cc1Br)[C@@H]2O. The zero-order valence-corrected chi connectivity index (χ0v) is 35.9. The van der Waals surface area contributed by atoms with Gasteiger partial charge in [-0.3, -0.25) is 9.59 Å². The number of hydrogen-bond donors (Lipinski definition) is 3. The molecule has 2 aliphatic rings. The molecule has 1 aromatic carbocycles. The minimum Gasteiger partial charge on any atom is -0.495 e. The highest BCUT2D eigenvalue weighted by atomic mass is 79.9. The number of aliphatic hydroxyl groups is 1. The van der Waals surface area contributed by atoms with Crippen molar-refractivity contribution < 1.29 is 29.0 Å². The predicted octanol–water partition coefficient (Wildman–Crippen LogP) is 9.51. The summed E-state index contributed by atoms with van der Waals surface area (Å²) in [5.74, 6) is 1.72. The average Bonchev–Trinajstić information content (AvgIpc) is 3.31. The van der Waals surface area contributed by atoms with Crippen LogP contribution in [0.5, 0.6) is 5.75 Å². The van der Waals surface area contributed by atoms with Crippen LogP contribution in [-0.2, 0) is 25.6 Å². The van der Waals surface area contributed by atoms with Crippen LogP contribution in [-0.4, -0.2) is 61.1 Å². The fourth-order valence-electron chi connectivity index (χ4n) is 5.98. The van der Waals surface area contributed by atoms with Gasteiger partial charge in [-0.15, -0.1) is 0 Å². The number of oxime groups is 1. The largest absolute Gasteiger partial charge is 0.495 e. The van der Waals surface area contributed by atoms with Crippen LogP contribution >= 0.6 is 63.7 Å². The fraction of sp³-hybridized carbons (Fsp3) is 0.649. The zero-order valence-electron chi connectivity index (χ0n) is 29.6. The molecule has 0 bridgehead atoms. The Balaban J connectivity index is 1.28. The first kappa shape index (κ1) is 43.0. The average molecular weight is 955 g/mol. The maximum Gasteiger partial charge on any atom is 0.272 e. The van der Waals surface area contributed by atoms with Gasteiger partial charge < -0.3 is 30.1 Å². The molecule has 0 unspecified atom stereocenters. The summed E-state index contributed by atoms with van der Waals surface area (Å²) in [7, 11) is 1.56. The Bertz CT molecular complexity index is 1350. The molecule has 13 heteroatoms. The Morgan fingerprint density at radius 1 is 0.960 bits per heavy atom. The van der Waals surface area contributed by atoms with Gasteiger partial charge in [-0.1, -0.05) is 98.8 Å². The predicted molar refractivity (Wildman–Crippen MR) is 214 cm³/mol. The van der Waals surface area contributed by atoms with Crippen LogP contribution in [0.1, 0.15) is 109 Å². The number of carbonyl (C=O) groups excluding carboxylic acids is 2. The van der Waals surface area contributed by atoms with Crippen molar-refractivity contribution in [3.63, 3.8) is 0 Å². The Labute approximate surface area is 331 Å². The molecule has 2 atom stereocenters. The number of unbranched alkanes of at least 4 members (excludes halogenated alkanes) is 8. The van der Waals surface area contributed by atoms with Crippen molar-refractivity contribution in [2.24, 2.45) is 11.1 Å². The molecule has 1 aromatic rings. The van der Waals surface area contributed by atoms with Gasteiger partial charge in [0.1, 0.15) is 17.6 Å². The van der Waals surface area contributed by atoms with E-state index in [2.05, 4.69) is 93.4 Å². The third-order valence-corrected chi connectivity index (χ3v) is 11.4. The maximum atomic E-state index is 12.9. The van der Waals surface area contributed by atoms with Gasteiger partial charge in [-0.05, 0) is 90.7 Å². The second kappa shape index (κ2) is 22.6. The van der Waals surface area contributed by atoms with Crippen molar-refractivity contribution >= 4 is 81.2 Å². The summed E-state index contributed by atoms with van der Waals surface area (Å²) < 4.78 is 14.5. The minimum atomic E-state index is -1.21.